The van der Waals surface area contributed by atoms with Gasteiger partial charge in [-0.25, -0.2) is 0 Å². The van der Waals surface area contributed by atoms with Gasteiger partial charge in [-0.3, -0.25) is 4.79 Å². The lowest BCUT2D eigenvalue weighted by Gasteiger charge is -2.18. The Balaban J connectivity index is 1.88. The molecule has 5 nitrogen and oxygen atoms in total. The number of hydrogen-bond acceptors (Lipinski definition) is 6. The molecular weight excluding hydrogens is 268 g/mol. The van der Waals surface area contributed by atoms with E-state index in [1.54, 1.807) is 0 Å². The van der Waals surface area contributed by atoms with Crippen LogP contribution >= 0.6 is 23.1 Å². The highest BCUT2D eigenvalue weighted by molar-refractivity contribution is 8.02. The van der Waals surface area contributed by atoms with Gasteiger partial charge in [-0.2, -0.15) is 0 Å². The summed E-state index contributed by atoms with van der Waals surface area (Å²) in [4.78, 5) is 14.1. The van der Waals surface area contributed by atoms with Crippen molar-refractivity contribution < 1.29 is 4.79 Å². The van der Waals surface area contributed by atoms with Crippen LogP contribution in [-0.4, -0.2) is 45.9 Å². The van der Waals surface area contributed by atoms with Crippen LogP contribution in [0.5, 0.6) is 0 Å². The number of hydrogen-bond donors (Lipinski definition) is 1. The first-order chi connectivity index (χ1) is 8.70. The molecule has 1 N–H and O–H groups in total. The van der Waals surface area contributed by atoms with E-state index in [4.69, 9.17) is 0 Å². The quantitative estimate of drug-likeness (QED) is 0.840. The summed E-state index contributed by atoms with van der Waals surface area (Å²) in [6.07, 6.45) is 2.26. The number of aromatic nitrogens is 2. The third kappa shape index (κ3) is 3.35. The fraction of sp³-hybridized carbons (Fsp3) is 0.727. The van der Waals surface area contributed by atoms with Gasteiger partial charge in [0.2, 0.25) is 11.0 Å². The number of rotatable bonds is 5. The molecule has 100 valence electrons. The van der Waals surface area contributed by atoms with Crippen molar-refractivity contribution in [2.75, 3.05) is 25.0 Å². The minimum Gasteiger partial charge on any atom is -0.360 e. The van der Waals surface area contributed by atoms with Gasteiger partial charge in [-0.1, -0.05) is 23.1 Å². The molecule has 2 heterocycles. The number of thioether (sulfide) groups is 1. The van der Waals surface area contributed by atoms with Gasteiger partial charge in [0.05, 0.1) is 5.25 Å². The Morgan fingerprint density at radius 3 is 2.89 bits per heavy atom. The highest BCUT2D eigenvalue weighted by Gasteiger charge is 2.24. The zero-order valence-electron chi connectivity index (χ0n) is 10.7. The summed E-state index contributed by atoms with van der Waals surface area (Å²) in [6, 6.07) is 0. The maximum Gasteiger partial charge on any atom is 0.235 e. The van der Waals surface area contributed by atoms with Crippen LogP contribution in [-0.2, 0) is 4.79 Å². The smallest absolute Gasteiger partial charge is 0.235 e. The summed E-state index contributed by atoms with van der Waals surface area (Å²) in [6.45, 7) is 6.61. The number of anilines is 1. The molecular formula is C11H18N4OS2. The van der Waals surface area contributed by atoms with E-state index in [9.17, 15) is 4.79 Å². The van der Waals surface area contributed by atoms with E-state index in [2.05, 4.69) is 15.5 Å². The molecule has 0 aliphatic carbocycles. The summed E-state index contributed by atoms with van der Waals surface area (Å²) in [7, 11) is 0. The van der Waals surface area contributed by atoms with Gasteiger partial charge in [0, 0.05) is 19.6 Å². The second-order valence-corrected chi connectivity index (χ2v) is 6.76. The van der Waals surface area contributed by atoms with E-state index in [0.717, 1.165) is 41.9 Å². The molecule has 18 heavy (non-hydrogen) atoms. The van der Waals surface area contributed by atoms with E-state index in [-0.39, 0.29) is 11.2 Å². The van der Waals surface area contributed by atoms with Crippen molar-refractivity contribution in [3.63, 3.8) is 0 Å². The SMILES string of the molecule is CCNc1nnc(S[C@H](C)C(=O)N2CCCC2)s1. The molecule has 1 saturated heterocycles. The van der Waals surface area contributed by atoms with Crippen molar-refractivity contribution in [1.82, 2.24) is 15.1 Å². The summed E-state index contributed by atoms with van der Waals surface area (Å²) in [5.74, 6) is 0.220. The molecule has 0 bridgehead atoms. The predicted octanol–water partition coefficient (Wildman–Crippen LogP) is 2.07. The molecule has 0 unspecified atom stereocenters. The highest BCUT2D eigenvalue weighted by Crippen LogP contribution is 2.30. The normalized spacial score (nSPS) is 16.9. The van der Waals surface area contributed by atoms with Crippen LogP contribution in [0.4, 0.5) is 5.13 Å². The monoisotopic (exact) mass is 286 g/mol. The Labute approximate surface area is 115 Å². The van der Waals surface area contributed by atoms with Gasteiger partial charge in [0.15, 0.2) is 4.34 Å². The van der Waals surface area contributed by atoms with E-state index < -0.39 is 0 Å². The Hall–Kier alpha value is -0.820. The number of amides is 1. The van der Waals surface area contributed by atoms with E-state index in [0.29, 0.717) is 0 Å². The molecule has 1 atom stereocenters. The lowest BCUT2D eigenvalue weighted by atomic mass is 10.4. The number of nitrogens with zero attached hydrogens (tertiary/aromatic N) is 3. The Morgan fingerprint density at radius 1 is 1.50 bits per heavy atom. The van der Waals surface area contributed by atoms with Crippen LogP contribution in [0.3, 0.4) is 0 Å². The zero-order chi connectivity index (χ0) is 13.0. The molecule has 1 amide bonds. The molecule has 1 aromatic heterocycles. The molecule has 1 aliphatic rings. The molecule has 2 rings (SSSR count). The standard InChI is InChI=1S/C11H18N4OS2/c1-3-12-10-13-14-11(18-10)17-8(2)9(16)15-6-4-5-7-15/h8H,3-7H2,1-2H3,(H,12,13)/t8-/m1/s1. The second-order valence-electron chi connectivity index (χ2n) is 4.20. The van der Waals surface area contributed by atoms with Crippen molar-refractivity contribution in [3.05, 3.63) is 0 Å². The maximum atomic E-state index is 12.1. The van der Waals surface area contributed by atoms with Crippen LogP contribution in [0.15, 0.2) is 4.34 Å². The van der Waals surface area contributed by atoms with Gasteiger partial charge in [-0.05, 0) is 26.7 Å². The number of nitrogens with one attached hydrogen (secondary N) is 1. The molecule has 0 saturated carbocycles. The van der Waals surface area contributed by atoms with Gasteiger partial charge in [0.1, 0.15) is 0 Å². The number of carbonyl (C=O) groups excluding carboxylic acids is 1. The molecule has 1 aliphatic heterocycles. The van der Waals surface area contributed by atoms with Crippen molar-refractivity contribution in [2.45, 2.75) is 36.3 Å². The largest absolute Gasteiger partial charge is 0.360 e. The fourth-order valence-corrected chi connectivity index (χ4v) is 3.92. The van der Waals surface area contributed by atoms with Crippen LogP contribution in [0.1, 0.15) is 26.7 Å². The van der Waals surface area contributed by atoms with Crippen molar-refractivity contribution in [1.29, 1.82) is 0 Å². The average molecular weight is 286 g/mol. The van der Waals surface area contributed by atoms with Crippen molar-refractivity contribution in [2.24, 2.45) is 0 Å². The molecule has 0 aromatic carbocycles. The summed E-state index contributed by atoms with van der Waals surface area (Å²) < 4.78 is 0.853. The van der Waals surface area contributed by atoms with E-state index in [1.807, 2.05) is 18.7 Å². The van der Waals surface area contributed by atoms with Crippen LogP contribution < -0.4 is 5.32 Å². The van der Waals surface area contributed by atoms with Crippen LogP contribution in [0, 0.1) is 0 Å². The van der Waals surface area contributed by atoms with Gasteiger partial charge < -0.3 is 10.2 Å². The van der Waals surface area contributed by atoms with Crippen LogP contribution in [0.25, 0.3) is 0 Å². The number of likely N-dealkylation sites (tertiary alicyclic amines) is 1. The minimum absolute atomic E-state index is 0.0782. The summed E-state index contributed by atoms with van der Waals surface area (Å²) in [5, 5.41) is 12.0. The first-order valence-corrected chi connectivity index (χ1v) is 7.93. The topological polar surface area (TPSA) is 58.1 Å². The molecule has 1 fully saturated rings. The van der Waals surface area contributed by atoms with Crippen molar-refractivity contribution >= 4 is 34.1 Å². The molecule has 1 aromatic rings. The first-order valence-electron chi connectivity index (χ1n) is 6.23. The van der Waals surface area contributed by atoms with Gasteiger partial charge >= 0.3 is 0 Å². The van der Waals surface area contributed by atoms with Crippen molar-refractivity contribution in [3.8, 4) is 0 Å². The van der Waals surface area contributed by atoms with Gasteiger partial charge in [-0.15, -0.1) is 10.2 Å². The predicted molar refractivity (Wildman–Crippen MR) is 75.2 cm³/mol. The number of carbonyl (C=O) groups is 1. The zero-order valence-corrected chi connectivity index (χ0v) is 12.3. The first kappa shape index (κ1) is 13.6. The third-order valence-electron chi connectivity index (χ3n) is 2.78. The maximum absolute atomic E-state index is 12.1. The van der Waals surface area contributed by atoms with E-state index >= 15 is 0 Å². The van der Waals surface area contributed by atoms with Crippen LogP contribution in [0.2, 0.25) is 0 Å². The summed E-state index contributed by atoms with van der Waals surface area (Å²) >= 11 is 3.00. The van der Waals surface area contributed by atoms with Gasteiger partial charge in [0.25, 0.3) is 0 Å². The average Bonchev–Trinajstić information content (AvgIpc) is 3.00. The Morgan fingerprint density at radius 2 is 2.22 bits per heavy atom. The minimum atomic E-state index is -0.0782. The molecule has 0 spiro atoms. The molecule has 7 heteroatoms. The Bertz CT molecular complexity index is 404. The lowest BCUT2D eigenvalue weighted by molar-refractivity contribution is -0.129. The fourth-order valence-electron chi connectivity index (χ4n) is 1.88. The third-order valence-corrected chi connectivity index (χ3v) is 4.83. The highest BCUT2D eigenvalue weighted by atomic mass is 32.2. The second kappa shape index (κ2) is 6.38. The van der Waals surface area contributed by atoms with E-state index in [1.165, 1.54) is 23.1 Å². The summed E-state index contributed by atoms with van der Waals surface area (Å²) in [5.41, 5.74) is 0. The molecule has 0 radical (unpaired) electrons. The Kier molecular flexibility index (Phi) is 4.82. The lowest BCUT2D eigenvalue weighted by Crippen LogP contribution is -2.33.